The van der Waals surface area contributed by atoms with Gasteiger partial charge in [0.05, 0.1) is 12.2 Å². The number of rotatable bonds is 7. The van der Waals surface area contributed by atoms with Gasteiger partial charge < -0.3 is 20.3 Å². The number of nitrogens with one attached hydrogen (secondary N) is 2. The first-order chi connectivity index (χ1) is 12.0. The molecule has 0 heterocycles. The largest absolute Gasteiger partial charge is 0.383 e. The van der Waals surface area contributed by atoms with Crippen molar-refractivity contribution >= 4 is 23.2 Å². The first-order valence-electron chi connectivity index (χ1n) is 7.98. The highest BCUT2D eigenvalue weighted by Gasteiger charge is 2.15. The molecule has 6 nitrogen and oxygen atoms in total. The zero-order chi connectivity index (χ0) is 18.2. The Hall–Kier alpha value is -2.86. The van der Waals surface area contributed by atoms with Crippen molar-refractivity contribution in [1.82, 2.24) is 5.32 Å². The van der Waals surface area contributed by atoms with Gasteiger partial charge in [0.25, 0.3) is 11.8 Å². The fourth-order valence-corrected chi connectivity index (χ4v) is 2.34. The first-order valence-corrected chi connectivity index (χ1v) is 7.98. The molecule has 6 heteroatoms. The molecular formula is C19H23N3O3. The standard InChI is InChI=1S/C19H23N3O3/c1-22(2)17-10-9-15(13-16(17)19(24)20-11-12-25-3)21-18(23)14-7-5-4-6-8-14/h4-10,13H,11-12H2,1-3H3,(H,20,24)(H,21,23). The van der Waals surface area contributed by atoms with Crippen LogP contribution in [0, 0.1) is 0 Å². The third-order valence-corrected chi connectivity index (χ3v) is 3.61. The average molecular weight is 341 g/mol. The normalized spacial score (nSPS) is 10.2. The molecule has 0 aliphatic heterocycles. The Balaban J connectivity index is 2.21. The number of carbonyl (C=O) groups excluding carboxylic acids is 2. The minimum atomic E-state index is -0.219. The summed E-state index contributed by atoms with van der Waals surface area (Å²) < 4.78 is 4.95. The van der Waals surface area contributed by atoms with Crippen molar-refractivity contribution < 1.29 is 14.3 Å². The number of nitrogens with zero attached hydrogens (tertiary/aromatic N) is 1. The van der Waals surface area contributed by atoms with E-state index >= 15 is 0 Å². The van der Waals surface area contributed by atoms with Crippen LogP contribution in [-0.2, 0) is 4.74 Å². The van der Waals surface area contributed by atoms with Crippen molar-refractivity contribution in [3.63, 3.8) is 0 Å². The van der Waals surface area contributed by atoms with Crippen LogP contribution in [0.15, 0.2) is 48.5 Å². The molecule has 0 aromatic heterocycles. The van der Waals surface area contributed by atoms with Crippen LogP contribution in [0.4, 0.5) is 11.4 Å². The Bertz CT molecular complexity index is 730. The molecule has 0 atom stereocenters. The summed E-state index contributed by atoms with van der Waals surface area (Å²) in [5.41, 5.74) is 2.39. The van der Waals surface area contributed by atoms with Crippen molar-refractivity contribution in [1.29, 1.82) is 0 Å². The van der Waals surface area contributed by atoms with E-state index in [9.17, 15) is 9.59 Å². The van der Waals surface area contributed by atoms with Crippen LogP contribution in [0.25, 0.3) is 0 Å². The lowest BCUT2D eigenvalue weighted by atomic mass is 10.1. The molecule has 0 aliphatic carbocycles. The highest BCUT2D eigenvalue weighted by molar-refractivity contribution is 6.06. The molecule has 2 aromatic rings. The average Bonchev–Trinajstić information content (AvgIpc) is 2.62. The van der Waals surface area contributed by atoms with Crippen LogP contribution >= 0.6 is 0 Å². The lowest BCUT2D eigenvalue weighted by Crippen LogP contribution is -2.28. The zero-order valence-corrected chi connectivity index (χ0v) is 14.7. The molecule has 25 heavy (non-hydrogen) atoms. The maximum atomic E-state index is 12.4. The van der Waals surface area contributed by atoms with E-state index in [4.69, 9.17) is 4.74 Å². The minimum absolute atomic E-state index is 0.212. The molecular weight excluding hydrogens is 318 g/mol. The van der Waals surface area contributed by atoms with E-state index in [1.54, 1.807) is 43.5 Å². The molecule has 0 radical (unpaired) electrons. The fourth-order valence-electron chi connectivity index (χ4n) is 2.34. The van der Waals surface area contributed by atoms with Gasteiger partial charge in [0.2, 0.25) is 0 Å². The predicted octanol–water partition coefficient (Wildman–Crippen LogP) is 2.38. The second kappa shape index (κ2) is 8.84. The van der Waals surface area contributed by atoms with E-state index in [1.165, 1.54) is 0 Å². The Morgan fingerprint density at radius 2 is 1.76 bits per heavy atom. The Labute approximate surface area is 147 Å². The number of carbonyl (C=O) groups is 2. The van der Waals surface area contributed by atoms with Crippen LogP contribution in [-0.4, -0.2) is 46.2 Å². The molecule has 0 saturated carbocycles. The second-order valence-electron chi connectivity index (χ2n) is 5.70. The molecule has 0 bridgehead atoms. The Morgan fingerprint density at radius 3 is 2.40 bits per heavy atom. The van der Waals surface area contributed by atoms with Gasteiger partial charge in [0.1, 0.15) is 0 Å². The quantitative estimate of drug-likeness (QED) is 0.759. The van der Waals surface area contributed by atoms with Gasteiger partial charge in [-0.3, -0.25) is 9.59 Å². The molecule has 0 fully saturated rings. The molecule has 0 unspecified atom stereocenters. The number of anilines is 2. The number of hydrogen-bond acceptors (Lipinski definition) is 4. The van der Waals surface area contributed by atoms with Crippen LogP contribution in [0.5, 0.6) is 0 Å². The molecule has 132 valence electrons. The van der Waals surface area contributed by atoms with Crippen molar-refractivity contribution in [2.45, 2.75) is 0 Å². The van der Waals surface area contributed by atoms with E-state index < -0.39 is 0 Å². The third kappa shape index (κ3) is 5.06. The van der Waals surface area contributed by atoms with Gasteiger partial charge in [-0.05, 0) is 30.3 Å². The van der Waals surface area contributed by atoms with Gasteiger partial charge in [0.15, 0.2) is 0 Å². The van der Waals surface area contributed by atoms with Gasteiger partial charge >= 0.3 is 0 Å². The third-order valence-electron chi connectivity index (χ3n) is 3.61. The Kier molecular flexibility index (Phi) is 6.54. The van der Waals surface area contributed by atoms with E-state index in [2.05, 4.69) is 10.6 Å². The van der Waals surface area contributed by atoms with Gasteiger partial charge in [-0.1, -0.05) is 18.2 Å². The van der Waals surface area contributed by atoms with Crippen molar-refractivity contribution in [2.75, 3.05) is 44.6 Å². The molecule has 0 aliphatic rings. The van der Waals surface area contributed by atoms with Crippen LogP contribution in [0.2, 0.25) is 0 Å². The highest BCUT2D eigenvalue weighted by atomic mass is 16.5. The molecule has 2 N–H and O–H groups in total. The smallest absolute Gasteiger partial charge is 0.255 e. The summed E-state index contributed by atoms with van der Waals surface area (Å²) in [6, 6.07) is 14.2. The van der Waals surface area contributed by atoms with E-state index in [-0.39, 0.29) is 11.8 Å². The SMILES string of the molecule is COCCNC(=O)c1cc(NC(=O)c2ccccc2)ccc1N(C)C. The van der Waals surface area contributed by atoms with Crippen LogP contribution in [0.3, 0.4) is 0 Å². The number of amides is 2. The molecule has 2 aromatic carbocycles. The summed E-state index contributed by atoms with van der Waals surface area (Å²) in [6.45, 7) is 0.857. The number of hydrogen-bond donors (Lipinski definition) is 2. The van der Waals surface area contributed by atoms with E-state index in [0.29, 0.717) is 30.0 Å². The summed E-state index contributed by atoms with van der Waals surface area (Å²) in [4.78, 5) is 26.6. The summed E-state index contributed by atoms with van der Waals surface area (Å²) in [5, 5.41) is 5.63. The molecule has 0 spiro atoms. The maximum Gasteiger partial charge on any atom is 0.255 e. The van der Waals surface area contributed by atoms with E-state index in [1.807, 2.05) is 31.1 Å². The second-order valence-corrected chi connectivity index (χ2v) is 5.70. The number of benzene rings is 2. The number of ether oxygens (including phenoxy) is 1. The molecule has 2 rings (SSSR count). The van der Waals surface area contributed by atoms with Crippen molar-refractivity contribution in [3.8, 4) is 0 Å². The summed E-state index contributed by atoms with van der Waals surface area (Å²) in [7, 11) is 5.31. The predicted molar refractivity (Wildman–Crippen MR) is 99.4 cm³/mol. The molecule has 2 amide bonds. The van der Waals surface area contributed by atoms with Gasteiger partial charge in [0, 0.05) is 44.7 Å². The van der Waals surface area contributed by atoms with Crippen molar-refractivity contribution in [2.24, 2.45) is 0 Å². The number of methoxy groups -OCH3 is 1. The topological polar surface area (TPSA) is 70.7 Å². The summed E-state index contributed by atoms with van der Waals surface area (Å²) >= 11 is 0. The first kappa shape index (κ1) is 18.5. The zero-order valence-electron chi connectivity index (χ0n) is 14.7. The monoisotopic (exact) mass is 341 g/mol. The Morgan fingerprint density at radius 1 is 1.04 bits per heavy atom. The van der Waals surface area contributed by atoms with Gasteiger partial charge in [-0.25, -0.2) is 0 Å². The van der Waals surface area contributed by atoms with Crippen molar-refractivity contribution in [3.05, 3.63) is 59.7 Å². The lowest BCUT2D eigenvalue weighted by molar-refractivity contribution is 0.0936. The molecule has 0 saturated heterocycles. The summed E-state index contributed by atoms with van der Waals surface area (Å²) in [5.74, 6) is -0.430. The summed E-state index contributed by atoms with van der Waals surface area (Å²) in [6.07, 6.45) is 0. The van der Waals surface area contributed by atoms with Gasteiger partial charge in [-0.15, -0.1) is 0 Å². The van der Waals surface area contributed by atoms with E-state index in [0.717, 1.165) is 5.69 Å². The van der Waals surface area contributed by atoms with Crippen LogP contribution < -0.4 is 15.5 Å². The fraction of sp³-hybridized carbons (Fsp3) is 0.263. The van der Waals surface area contributed by atoms with Gasteiger partial charge in [-0.2, -0.15) is 0 Å². The maximum absolute atomic E-state index is 12.4. The highest BCUT2D eigenvalue weighted by Crippen LogP contribution is 2.23. The lowest BCUT2D eigenvalue weighted by Gasteiger charge is -2.18. The minimum Gasteiger partial charge on any atom is -0.383 e. The van der Waals surface area contributed by atoms with Crippen LogP contribution in [0.1, 0.15) is 20.7 Å².